The molecule has 6 nitrogen and oxygen atoms in total. The molecule has 2 fully saturated rings. The summed E-state index contributed by atoms with van der Waals surface area (Å²) in [4.78, 5) is 33.7. The van der Waals surface area contributed by atoms with Gasteiger partial charge in [-0.15, -0.1) is 0 Å². The van der Waals surface area contributed by atoms with E-state index in [0.29, 0.717) is 31.3 Å². The van der Waals surface area contributed by atoms with Crippen LogP contribution in [-0.2, 0) is 11.2 Å². The number of ether oxygens (including phenoxy) is 1. The molecule has 1 aliphatic carbocycles. The van der Waals surface area contributed by atoms with Crippen LogP contribution < -0.4 is 5.69 Å². The first-order valence-corrected chi connectivity index (χ1v) is 10.1. The predicted molar refractivity (Wildman–Crippen MR) is 106 cm³/mol. The number of nitrogens with one attached hydrogen (secondary N) is 1. The lowest BCUT2D eigenvalue weighted by atomic mass is 10.0. The fourth-order valence-electron chi connectivity index (χ4n) is 3.86. The van der Waals surface area contributed by atoms with Crippen molar-refractivity contribution in [2.45, 2.75) is 45.3 Å². The Balaban J connectivity index is 1.59. The second-order valence-corrected chi connectivity index (χ2v) is 8.32. The highest BCUT2D eigenvalue weighted by Gasteiger charge is 2.40. The molecule has 0 unspecified atom stereocenters. The van der Waals surface area contributed by atoms with Gasteiger partial charge in [-0.1, -0.05) is 44.2 Å². The third-order valence-corrected chi connectivity index (χ3v) is 5.38. The highest BCUT2D eigenvalue weighted by atomic mass is 16.5. The number of carbonyl (C=O) groups is 1. The minimum atomic E-state index is -0.465. The van der Waals surface area contributed by atoms with Crippen molar-refractivity contribution in [1.82, 2.24) is 14.9 Å². The van der Waals surface area contributed by atoms with E-state index in [4.69, 9.17) is 4.74 Å². The zero-order valence-corrected chi connectivity index (χ0v) is 16.4. The Morgan fingerprint density at radius 3 is 2.68 bits per heavy atom. The highest BCUT2D eigenvalue weighted by Crippen LogP contribution is 2.39. The van der Waals surface area contributed by atoms with Gasteiger partial charge >= 0.3 is 5.69 Å². The number of nitrogens with zero attached hydrogens (tertiary/aromatic N) is 2. The molecule has 2 heterocycles. The number of hydrogen-bond acceptors (Lipinski definition) is 4. The number of benzene rings is 1. The average Bonchev–Trinajstić information content (AvgIpc) is 3.52. The summed E-state index contributed by atoms with van der Waals surface area (Å²) in [6.45, 7) is 5.18. The van der Waals surface area contributed by atoms with E-state index in [9.17, 15) is 9.59 Å². The molecule has 1 amide bonds. The normalized spacial score (nSPS) is 22.5. The molecular weight excluding hydrogens is 354 g/mol. The lowest BCUT2D eigenvalue weighted by molar-refractivity contribution is -0.0865. The molecule has 2 atom stereocenters. The second kappa shape index (κ2) is 7.87. The summed E-state index contributed by atoms with van der Waals surface area (Å²) < 4.78 is 6.33. The van der Waals surface area contributed by atoms with Gasteiger partial charge in [-0.2, -0.15) is 4.98 Å². The lowest BCUT2D eigenvalue weighted by Crippen LogP contribution is -2.48. The molecule has 0 spiro atoms. The van der Waals surface area contributed by atoms with Crippen LogP contribution in [0.25, 0.3) is 0 Å². The van der Waals surface area contributed by atoms with Gasteiger partial charge in [-0.3, -0.25) is 4.79 Å². The number of H-pyrrole nitrogens is 1. The van der Waals surface area contributed by atoms with Crippen molar-refractivity contribution in [3.8, 4) is 0 Å². The highest BCUT2D eigenvalue weighted by molar-refractivity contribution is 5.92. The molecule has 0 radical (unpaired) electrons. The van der Waals surface area contributed by atoms with Crippen LogP contribution in [-0.4, -0.2) is 40.0 Å². The van der Waals surface area contributed by atoms with E-state index >= 15 is 0 Å². The second-order valence-electron chi connectivity index (χ2n) is 8.32. The van der Waals surface area contributed by atoms with Crippen LogP contribution in [0.2, 0.25) is 0 Å². The molecule has 1 aromatic carbocycles. The van der Waals surface area contributed by atoms with Gasteiger partial charge < -0.3 is 14.6 Å². The molecule has 1 saturated heterocycles. The number of amides is 1. The van der Waals surface area contributed by atoms with Crippen molar-refractivity contribution in [3.05, 3.63) is 63.8 Å². The SMILES string of the molecule is CC(C)Cc1cc(C(=O)N2C[C@@H](c3ccccc3)O[C@@H](C3CC3)C2)nc(=O)[nH]1. The molecule has 1 aliphatic heterocycles. The van der Waals surface area contributed by atoms with Gasteiger partial charge in [0.15, 0.2) is 0 Å². The smallest absolute Gasteiger partial charge is 0.345 e. The van der Waals surface area contributed by atoms with Gasteiger partial charge in [-0.25, -0.2) is 4.79 Å². The fraction of sp³-hybridized carbons (Fsp3) is 0.500. The number of rotatable bonds is 5. The third kappa shape index (κ3) is 4.33. The van der Waals surface area contributed by atoms with Crippen molar-refractivity contribution >= 4 is 5.91 Å². The maximum Gasteiger partial charge on any atom is 0.345 e. The number of morpholine rings is 1. The predicted octanol–water partition coefficient (Wildman–Crippen LogP) is 2.96. The Kier molecular flexibility index (Phi) is 5.31. The Hall–Kier alpha value is -2.47. The average molecular weight is 381 g/mol. The van der Waals surface area contributed by atoms with E-state index in [1.807, 2.05) is 35.2 Å². The summed E-state index contributed by atoms with van der Waals surface area (Å²) in [5, 5.41) is 0. The number of aromatic nitrogens is 2. The molecule has 28 heavy (non-hydrogen) atoms. The first-order valence-electron chi connectivity index (χ1n) is 10.1. The van der Waals surface area contributed by atoms with Crippen molar-refractivity contribution in [2.75, 3.05) is 13.1 Å². The summed E-state index contributed by atoms with van der Waals surface area (Å²) in [5.41, 5.74) is 1.59. The molecule has 4 rings (SSSR count). The van der Waals surface area contributed by atoms with Crippen LogP contribution in [0.1, 0.15) is 54.5 Å². The zero-order chi connectivity index (χ0) is 19.7. The van der Waals surface area contributed by atoms with Gasteiger partial charge in [0.1, 0.15) is 11.8 Å². The Bertz CT molecular complexity index is 889. The minimum absolute atomic E-state index is 0.0417. The summed E-state index contributed by atoms with van der Waals surface area (Å²) in [7, 11) is 0. The summed E-state index contributed by atoms with van der Waals surface area (Å²) in [5.74, 6) is 0.711. The summed E-state index contributed by atoms with van der Waals surface area (Å²) in [6.07, 6.45) is 2.89. The molecule has 1 N–H and O–H groups in total. The third-order valence-electron chi connectivity index (χ3n) is 5.38. The molecular formula is C22H27N3O3. The van der Waals surface area contributed by atoms with Gasteiger partial charge in [0, 0.05) is 12.2 Å². The first-order chi connectivity index (χ1) is 13.5. The number of aromatic amines is 1. The first kappa shape index (κ1) is 18.9. The number of hydrogen-bond donors (Lipinski definition) is 1. The van der Waals surface area contributed by atoms with E-state index in [0.717, 1.165) is 24.1 Å². The molecule has 1 aromatic heterocycles. The van der Waals surface area contributed by atoms with E-state index in [2.05, 4.69) is 23.8 Å². The van der Waals surface area contributed by atoms with Gasteiger partial charge in [-0.05, 0) is 42.7 Å². The Labute approximate surface area is 164 Å². The molecule has 0 bridgehead atoms. The van der Waals surface area contributed by atoms with Crippen LogP contribution in [0.15, 0.2) is 41.2 Å². The fourth-order valence-corrected chi connectivity index (χ4v) is 3.86. The topological polar surface area (TPSA) is 75.3 Å². The van der Waals surface area contributed by atoms with Crippen LogP contribution >= 0.6 is 0 Å². The van der Waals surface area contributed by atoms with Crippen molar-refractivity contribution < 1.29 is 9.53 Å². The van der Waals surface area contributed by atoms with Gasteiger partial charge in [0.05, 0.1) is 12.6 Å². The molecule has 6 heteroatoms. The maximum absolute atomic E-state index is 13.2. The van der Waals surface area contributed by atoms with E-state index in [-0.39, 0.29) is 23.8 Å². The summed E-state index contributed by atoms with van der Waals surface area (Å²) >= 11 is 0. The van der Waals surface area contributed by atoms with E-state index in [1.54, 1.807) is 6.07 Å². The van der Waals surface area contributed by atoms with Crippen molar-refractivity contribution in [2.24, 2.45) is 11.8 Å². The Morgan fingerprint density at radius 1 is 1.25 bits per heavy atom. The van der Waals surface area contributed by atoms with Crippen LogP contribution in [0.3, 0.4) is 0 Å². The standard InChI is InChI=1S/C22H27N3O3/c1-14(2)10-17-11-18(24-22(27)23-17)21(26)25-12-19(15-6-4-3-5-7-15)28-20(13-25)16-8-9-16/h3-7,11,14,16,19-20H,8-10,12-13H2,1-2H3,(H,23,24,27)/t19-,20+/m0/s1. The number of carbonyl (C=O) groups excluding carboxylic acids is 1. The van der Waals surface area contributed by atoms with Crippen molar-refractivity contribution in [1.29, 1.82) is 0 Å². The van der Waals surface area contributed by atoms with Crippen LogP contribution in [0.4, 0.5) is 0 Å². The largest absolute Gasteiger partial charge is 0.366 e. The molecule has 148 valence electrons. The Morgan fingerprint density at radius 2 is 2.00 bits per heavy atom. The lowest BCUT2D eigenvalue weighted by Gasteiger charge is -2.38. The molecule has 2 aliphatic rings. The molecule has 2 aromatic rings. The van der Waals surface area contributed by atoms with Crippen LogP contribution in [0.5, 0.6) is 0 Å². The molecule has 1 saturated carbocycles. The minimum Gasteiger partial charge on any atom is -0.366 e. The zero-order valence-electron chi connectivity index (χ0n) is 16.4. The monoisotopic (exact) mass is 381 g/mol. The maximum atomic E-state index is 13.2. The van der Waals surface area contributed by atoms with E-state index in [1.165, 1.54) is 0 Å². The quantitative estimate of drug-likeness (QED) is 0.864. The van der Waals surface area contributed by atoms with Gasteiger partial charge in [0.25, 0.3) is 5.91 Å². The van der Waals surface area contributed by atoms with E-state index < -0.39 is 5.69 Å². The van der Waals surface area contributed by atoms with Crippen LogP contribution in [0, 0.1) is 11.8 Å². The van der Waals surface area contributed by atoms with Gasteiger partial charge in [0.2, 0.25) is 0 Å². The summed E-state index contributed by atoms with van der Waals surface area (Å²) in [6, 6.07) is 11.8. The van der Waals surface area contributed by atoms with Crippen molar-refractivity contribution in [3.63, 3.8) is 0 Å².